The maximum Gasteiger partial charge on any atom is 0.337 e. The van der Waals surface area contributed by atoms with Gasteiger partial charge in [0.1, 0.15) is 5.82 Å². The van der Waals surface area contributed by atoms with Crippen molar-refractivity contribution in [3.05, 3.63) is 51.0 Å². The Labute approximate surface area is 134 Å². The lowest BCUT2D eigenvalue weighted by atomic mass is 10.1. The average Bonchev–Trinajstić information content (AvgIpc) is 2.85. The SMILES string of the molecule is CCCc1cc(=O)[nH]c(/C(=C/c2[nH]cc(C(=O)O)c2C)CC)n1. The molecule has 0 aromatic carbocycles. The lowest BCUT2D eigenvalue weighted by molar-refractivity contribution is 0.0696. The van der Waals surface area contributed by atoms with Gasteiger partial charge in [-0.1, -0.05) is 20.3 Å². The van der Waals surface area contributed by atoms with Crippen LogP contribution in [0, 0.1) is 6.92 Å². The van der Waals surface area contributed by atoms with Crippen LogP contribution in [-0.2, 0) is 6.42 Å². The number of aromatic carboxylic acids is 1. The van der Waals surface area contributed by atoms with E-state index in [9.17, 15) is 9.59 Å². The van der Waals surface area contributed by atoms with Gasteiger partial charge in [0.15, 0.2) is 0 Å². The molecular formula is C17H21N3O3. The Hall–Kier alpha value is -2.63. The number of nitrogens with one attached hydrogen (secondary N) is 2. The van der Waals surface area contributed by atoms with E-state index in [-0.39, 0.29) is 11.1 Å². The number of rotatable bonds is 6. The zero-order valence-electron chi connectivity index (χ0n) is 13.6. The summed E-state index contributed by atoms with van der Waals surface area (Å²) in [6, 6.07) is 1.52. The van der Waals surface area contributed by atoms with Crippen molar-refractivity contribution in [1.29, 1.82) is 0 Å². The highest BCUT2D eigenvalue weighted by Crippen LogP contribution is 2.21. The number of H-pyrrole nitrogens is 2. The maximum absolute atomic E-state index is 11.8. The second-order valence-electron chi connectivity index (χ2n) is 5.40. The molecule has 0 unspecified atom stereocenters. The topological polar surface area (TPSA) is 98.8 Å². The molecule has 122 valence electrons. The summed E-state index contributed by atoms with van der Waals surface area (Å²) < 4.78 is 0. The van der Waals surface area contributed by atoms with Gasteiger partial charge in [0, 0.05) is 23.7 Å². The predicted molar refractivity (Wildman–Crippen MR) is 89.5 cm³/mol. The first kappa shape index (κ1) is 16.7. The highest BCUT2D eigenvalue weighted by molar-refractivity contribution is 5.91. The van der Waals surface area contributed by atoms with Gasteiger partial charge in [-0.25, -0.2) is 9.78 Å². The first-order valence-electron chi connectivity index (χ1n) is 7.68. The largest absolute Gasteiger partial charge is 0.478 e. The fraction of sp³-hybridized carbons (Fsp3) is 0.353. The summed E-state index contributed by atoms with van der Waals surface area (Å²) in [7, 11) is 0. The molecule has 0 saturated heterocycles. The Morgan fingerprint density at radius 2 is 2.13 bits per heavy atom. The minimum atomic E-state index is -0.965. The third-order valence-electron chi connectivity index (χ3n) is 3.71. The molecule has 0 atom stereocenters. The first-order chi connectivity index (χ1) is 11.0. The molecule has 0 spiro atoms. The second kappa shape index (κ2) is 7.09. The van der Waals surface area contributed by atoms with E-state index in [0.29, 0.717) is 23.5 Å². The van der Waals surface area contributed by atoms with Crippen LogP contribution in [-0.4, -0.2) is 26.0 Å². The van der Waals surface area contributed by atoms with E-state index in [1.165, 1.54) is 12.3 Å². The van der Waals surface area contributed by atoms with E-state index in [2.05, 4.69) is 15.0 Å². The predicted octanol–water partition coefficient (Wildman–Crippen LogP) is 3.01. The second-order valence-corrected chi connectivity index (χ2v) is 5.40. The Kier molecular flexibility index (Phi) is 5.16. The summed E-state index contributed by atoms with van der Waals surface area (Å²) in [5.41, 5.74) is 3.06. The number of carbonyl (C=O) groups is 1. The molecule has 0 aliphatic carbocycles. The van der Waals surface area contributed by atoms with Gasteiger partial charge < -0.3 is 15.1 Å². The number of nitrogens with zero attached hydrogens (tertiary/aromatic N) is 1. The van der Waals surface area contributed by atoms with Gasteiger partial charge >= 0.3 is 5.97 Å². The van der Waals surface area contributed by atoms with E-state index in [1.807, 2.05) is 19.9 Å². The van der Waals surface area contributed by atoms with Crippen molar-refractivity contribution < 1.29 is 9.90 Å². The molecular weight excluding hydrogens is 294 g/mol. The maximum atomic E-state index is 11.8. The van der Waals surface area contributed by atoms with Crippen LogP contribution < -0.4 is 5.56 Å². The third kappa shape index (κ3) is 3.77. The monoisotopic (exact) mass is 315 g/mol. The molecule has 2 aromatic rings. The van der Waals surface area contributed by atoms with Crippen molar-refractivity contribution in [2.45, 2.75) is 40.0 Å². The van der Waals surface area contributed by atoms with Gasteiger partial charge in [-0.15, -0.1) is 0 Å². The van der Waals surface area contributed by atoms with Gasteiger partial charge in [0.25, 0.3) is 5.56 Å². The van der Waals surface area contributed by atoms with Crippen molar-refractivity contribution in [2.75, 3.05) is 0 Å². The molecule has 0 fully saturated rings. The zero-order valence-corrected chi connectivity index (χ0v) is 13.6. The highest BCUT2D eigenvalue weighted by atomic mass is 16.4. The molecule has 3 N–H and O–H groups in total. The minimum Gasteiger partial charge on any atom is -0.478 e. The molecule has 0 saturated carbocycles. The number of hydrogen-bond acceptors (Lipinski definition) is 3. The average molecular weight is 315 g/mol. The highest BCUT2D eigenvalue weighted by Gasteiger charge is 2.13. The molecule has 0 aliphatic heterocycles. The molecule has 2 aromatic heterocycles. The van der Waals surface area contributed by atoms with E-state index in [1.54, 1.807) is 6.92 Å². The Bertz CT molecular complexity index is 800. The number of aryl methyl sites for hydroxylation is 1. The number of aromatic amines is 2. The normalized spacial score (nSPS) is 11.7. The molecule has 2 heterocycles. The summed E-state index contributed by atoms with van der Waals surface area (Å²) in [4.78, 5) is 33.2. The van der Waals surface area contributed by atoms with E-state index in [4.69, 9.17) is 5.11 Å². The van der Waals surface area contributed by atoms with Crippen LogP contribution in [0.3, 0.4) is 0 Å². The van der Waals surface area contributed by atoms with E-state index < -0.39 is 5.97 Å². The van der Waals surface area contributed by atoms with Gasteiger partial charge in [-0.05, 0) is 37.0 Å². The summed E-state index contributed by atoms with van der Waals surface area (Å²) in [5.74, 6) is -0.428. The molecule has 0 radical (unpaired) electrons. The Balaban J connectivity index is 2.47. The van der Waals surface area contributed by atoms with Crippen LogP contribution >= 0.6 is 0 Å². The van der Waals surface area contributed by atoms with Gasteiger partial charge in [0.05, 0.1) is 5.56 Å². The molecule has 0 bridgehead atoms. The number of aromatic nitrogens is 3. The van der Waals surface area contributed by atoms with Crippen LogP contribution in [0.4, 0.5) is 0 Å². The zero-order chi connectivity index (χ0) is 17.0. The van der Waals surface area contributed by atoms with Crippen molar-refractivity contribution in [3.8, 4) is 0 Å². The van der Waals surface area contributed by atoms with Crippen LogP contribution in [0.5, 0.6) is 0 Å². The van der Waals surface area contributed by atoms with Crippen molar-refractivity contribution >= 4 is 17.6 Å². The number of hydrogen-bond donors (Lipinski definition) is 3. The van der Waals surface area contributed by atoms with Gasteiger partial charge in [-0.2, -0.15) is 0 Å². The summed E-state index contributed by atoms with van der Waals surface area (Å²) in [6.45, 7) is 5.76. The van der Waals surface area contributed by atoms with Crippen LogP contribution in [0.25, 0.3) is 11.6 Å². The molecule has 0 amide bonds. The standard InChI is InChI=1S/C17H21N3O3/c1-4-6-12-8-15(21)20-16(19-12)11(5-2)7-14-10(3)13(9-18-14)17(22)23/h7-9,18H,4-6H2,1-3H3,(H,22,23)(H,19,20,21)/b11-7+. The quantitative estimate of drug-likeness (QED) is 0.763. The third-order valence-corrected chi connectivity index (χ3v) is 3.71. The molecule has 23 heavy (non-hydrogen) atoms. The fourth-order valence-electron chi connectivity index (χ4n) is 2.44. The van der Waals surface area contributed by atoms with Crippen LogP contribution in [0.15, 0.2) is 17.1 Å². The van der Waals surface area contributed by atoms with Gasteiger partial charge in [0.2, 0.25) is 0 Å². The van der Waals surface area contributed by atoms with Crippen molar-refractivity contribution in [3.63, 3.8) is 0 Å². The smallest absolute Gasteiger partial charge is 0.337 e. The number of allylic oxidation sites excluding steroid dienone is 1. The Morgan fingerprint density at radius 3 is 2.70 bits per heavy atom. The van der Waals surface area contributed by atoms with E-state index >= 15 is 0 Å². The molecule has 6 nitrogen and oxygen atoms in total. The molecule has 0 aliphatic rings. The molecule has 2 rings (SSSR count). The number of carboxylic acids is 1. The van der Waals surface area contributed by atoms with Crippen LogP contribution in [0.1, 0.15) is 59.8 Å². The summed E-state index contributed by atoms with van der Waals surface area (Å²) in [6.07, 6.45) is 5.65. The minimum absolute atomic E-state index is 0.174. The fourth-order valence-corrected chi connectivity index (χ4v) is 2.44. The summed E-state index contributed by atoms with van der Waals surface area (Å²) in [5, 5.41) is 9.12. The number of carboxylic acid groups (broad SMARTS) is 1. The van der Waals surface area contributed by atoms with Crippen molar-refractivity contribution in [2.24, 2.45) is 0 Å². The molecule has 6 heteroatoms. The lowest BCUT2D eigenvalue weighted by Gasteiger charge is -2.06. The van der Waals surface area contributed by atoms with Gasteiger partial charge in [-0.3, -0.25) is 4.79 Å². The van der Waals surface area contributed by atoms with Crippen LogP contribution in [0.2, 0.25) is 0 Å². The Morgan fingerprint density at radius 1 is 1.39 bits per heavy atom. The van der Waals surface area contributed by atoms with E-state index in [0.717, 1.165) is 24.1 Å². The van der Waals surface area contributed by atoms with Crippen molar-refractivity contribution in [1.82, 2.24) is 15.0 Å². The summed E-state index contributed by atoms with van der Waals surface area (Å²) >= 11 is 0. The first-order valence-corrected chi connectivity index (χ1v) is 7.68. The lowest BCUT2D eigenvalue weighted by Crippen LogP contribution is -2.12.